The minimum atomic E-state index is -0.714. The number of hydrogen-bond acceptors (Lipinski definition) is 6. The van der Waals surface area contributed by atoms with E-state index in [2.05, 4.69) is 16.0 Å². The Labute approximate surface area is 172 Å². The third kappa shape index (κ3) is 8.93. The third-order valence-corrected chi connectivity index (χ3v) is 4.43. The molecule has 29 heavy (non-hydrogen) atoms. The van der Waals surface area contributed by atoms with Gasteiger partial charge in [-0.25, -0.2) is 4.79 Å². The zero-order valence-corrected chi connectivity index (χ0v) is 16.6. The molecule has 0 aliphatic carbocycles. The summed E-state index contributed by atoms with van der Waals surface area (Å²) in [6, 6.07) is 15.5. The number of esters is 1. The number of rotatable bonds is 8. The molecule has 0 saturated carbocycles. The Morgan fingerprint density at radius 1 is 0.966 bits per heavy atom. The summed E-state index contributed by atoms with van der Waals surface area (Å²) in [5.74, 6) is -1.46. The third-order valence-electron chi connectivity index (χ3n) is 3.44. The lowest BCUT2D eigenvalue weighted by molar-refractivity contribution is -0.145. The van der Waals surface area contributed by atoms with Gasteiger partial charge < -0.3 is 15.4 Å². The fraction of sp³-hybridized carbons (Fsp3) is 0.200. The number of anilines is 1. The van der Waals surface area contributed by atoms with E-state index in [1.54, 1.807) is 24.3 Å². The van der Waals surface area contributed by atoms with Crippen molar-refractivity contribution >= 4 is 41.3 Å². The minimum Gasteiger partial charge on any atom is -0.455 e. The van der Waals surface area contributed by atoms with Crippen molar-refractivity contribution in [2.75, 3.05) is 17.7 Å². The topological polar surface area (TPSA) is 114 Å². The first-order valence-corrected chi connectivity index (χ1v) is 9.68. The predicted octanol–water partition coefficient (Wildman–Crippen LogP) is 2.31. The highest BCUT2D eigenvalue weighted by Crippen LogP contribution is 2.20. The van der Waals surface area contributed by atoms with Crippen molar-refractivity contribution in [1.29, 1.82) is 0 Å². The SMILES string of the molecule is CC(=O)Nc1ccc(SCC(=O)OCC(=O)NC(=O)NCc2ccccc2)cc1. The van der Waals surface area contributed by atoms with Crippen molar-refractivity contribution in [3.05, 3.63) is 60.2 Å². The second kappa shape index (κ2) is 11.5. The zero-order chi connectivity index (χ0) is 21.1. The Bertz CT molecular complexity index is 856. The quantitative estimate of drug-likeness (QED) is 0.450. The molecule has 0 atom stereocenters. The maximum Gasteiger partial charge on any atom is 0.321 e. The number of thioether (sulfide) groups is 1. The van der Waals surface area contributed by atoms with Gasteiger partial charge in [0.15, 0.2) is 6.61 Å². The number of benzene rings is 2. The van der Waals surface area contributed by atoms with Crippen molar-refractivity contribution in [2.45, 2.75) is 18.4 Å². The van der Waals surface area contributed by atoms with Gasteiger partial charge in [-0.15, -0.1) is 11.8 Å². The van der Waals surface area contributed by atoms with Crippen LogP contribution in [0.4, 0.5) is 10.5 Å². The maximum atomic E-state index is 11.7. The van der Waals surface area contributed by atoms with Crippen molar-refractivity contribution < 1.29 is 23.9 Å². The van der Waals surface area contributed by atoms with Crippen LogP contribution in [0.15, 0.2) is 59.5 Å². The number of nitrogens with one attached hydrogen (secondary N) is 3. The predicted molar refractivity (Wildman–Crippen MR) is 109 cm³/mol. The van der Waals surface area contributed by atoms with E-state index in [0.717, 1.165) is 10.5 Å². The summed E-state index contributed by atoms with van der Waals surface area (Å²) >= 11 is 1.23. The van der Waals surface area contributed by atoms with Gasteiger partial charge in [0.1, 0.15) is 0 Å². The highest BCUT2D eigenvalue weighted by molar-refractivity contribution is 8.00. The van der Waals surface area contributed by atoms with E-state index in [-0.39, 0.29) is 18.2 Å². The Kier molecular flexibility index (Phi) is 8.71. The number of carbonyl (C=O) groups excluding carboxylic acids is 4. The van der Waals surface area contributed by atoms with Gasteiger partial charge in [-0.2, -0.15) is 0 Å². The van der Waals surface area contributed by atoms with Crippen LogP contribution in [-0.4, -0.2) is 36.2 Å². The summed E-state index contributed by atoms with van der Waals surface area (Å²) in [7, 11) is 0. The lowest BCUT2D eigenvalue weighted by Gasteiger charge is -2.08. The molecule has 0 aromatic heterocycles. The van der Waals surface area contributed by atoms with Crippen molar-refractivity contribution in [2.24, 2.45) is 0 Å². The second-order valence-electron chi connectivity index (χ2n) is 5.87. The van der Waals surface area contributed by atoms with Gasteiger partial charge in [-0.05, 0) is 29.8 Å². The first-order chi connectivity index (χ1) is 13.9. The summed E-state index contributed by atoms with van der Waals surface area (Å²) in [6.07, 6.45) is 0. The van der Waals surface area contributed by atoms with E-state index in [4.69, 9.17) is 4.74 Å². The van der Waals surface area contributed by atoms with Crippen LogP contribution in [0.2, 0.25) is 0 Å². The lowest BCUT2D eigenvalue weighted by atomic mass is 10.2. The summed E-state index contributed by atoms with van der Waals surface area (Å²) in [4.78, 5) is 46.9. The Morgan fingerprint density at radius 2 is 1.66 bits per heavy atom. The molecular weight excluding hydrogens is 394 g/mol. The Balaban J connectivity index is 1.63. The highest BCUT2D eigenvalue weighted by Gasteiger charge is 2.11. The minimum absolute atomic E-state index is 0.00691. The number of urea groups is 1. The van der Waals surface area contributed by atoms with E-state index in [1.807, 2.05) is 30.3 Å². The first kappa shape index (κ1) is 22.0. The largest absolute Gasteiger partial charge is 0.455 e. The van der Waals surface area contributed by atoms with Crippen LogP contribution in [0.3, 0.4) is 0 Å². The molecule has 0 aliphatic heterocycles. The highest BCUT2D eigenvalue weighted by atomic mass is 32.2. The smallest absolute Gasteiger partial charge is 0.321 e. The molecule has 152 valence electrons. The van der Waals surface area contributed by atoms with Crippen molar-refractivity contribution in [3.8, 4) is 0 Å². The molecule has 8 nitrogen and oxygen atoms in total. The fourth-order valence-electron chi connectivity index (χ4n) is 2.15. The van der Waals surface area contributed by atoms with Crippen molar-refractivity contribution in [3.63, 3.8) is 0 Å². The van der Waals surface area contributed by atoms with Gasteiger partial charge in [-0.3, -0.25) is 19.7 Å². The summed E-state index contributed by atoms with van der Waals surface area (Å²) < 4.78 is 4.86. The number of ether oxygens (including phenoxy) is 1. The van der Waals surface area contributed by atoms with Crippen LogP contribution in [-0.2, 0) is 25.7 Å². The second-order valence-corrected chi connectivity index (χ2v) is 6.92. The van der Waals surface area contributed by atoms with E-state index < -0.39 is 24.5 Å². The van der Waals surface area contributed by atoms with Gasteiger partial charge in [0, 0.05) is 24.1 Å². The zero-order valence-electron chi connectivity index (χ0n) is 15.8. The van der Waals surface area contributed by atoms with E-state index in [0.29, 0.717) is 5.69 Å². The summed E-state index contributed by atoms with van der Waals surface area (Å²) in [5, 5.41) is 7.28. The van der Waals surface area contributed by atoms with Crippen molar-refractivity contribution in [1.82, 2.24) is 10.6 Å². The number of carbonyl (C=O) groups is 4. The molecule has 0 radical (unpaired) electrons. The molecule has 0 heterocycles. The van der Waals surface area contributed by atoms with Crippen LogP contribution in [0.1, 0.15) is 12.5 Å². The van der Waals surface area contributed by atoms with Crippen LogP contribution >= 0.6 is 11.8 Å². The molecule has 0 spiro atoms. The van der Waals surface area contributed by atoms with E-state index in [1.165, 1.54) is 18.7 Å². The lowest BCUT2D eigenvalue weighted by Crippen LogP contribution is -2.41. The average Bonchev–Trinajstić information content (AvgIpc) is 2.70. The van der Waals surface area contributed by atoms with Gasteiger partial charge >= 0.3 is 12.0 Å². The van der Waals surface area contributed by atoms with Gasteiger partial charge in [0.2, 0.25) is 5.91 Å². The monoisotopic (exact) mass is 415 g/mol. The van der Waals surface area contributed by atoms with Crippen LogP contribution in [0, 0.1) is 0 Å². The summed E-state index contributed by atoms with van der Waals surface area (Å²) in [5.41, 5.74) is 1.55. The summed E-state index contributed by atoms with van der Waals surface area (Å²) in [6.45, 7) is 1.15. The molecule has 9 heteroatoms. The maximum absolute atomic E-state index is 11.7. The normalized spacial score (nSPS) is 9.97. The molecule has 0 fully saturated rings. The van der Waals surface area contributed by atoms with Gasteiger partial charge in [-0.1, -0.05) is 30.3 Å². The number of imide groups is 1. The molecule has 2 aromatic carbocycles. The van der Waals surface area contributed by atoms with Gasteiger partial charge in [0.25, 0.3) is 5.91 Å². The molecule has 0 aliphatic rings. The molecule has 0 saturated heterocycles. The Hall–Kier alpha value is -3.33. The van der Waals surface area contributed by atoms with Gasteiger partial charge in [0.05, 0.1) is 5.75 Å². The molecule has 4 amide bonds. The molecule has 3 N–H and O–H groups in total. The number of hydrogen-bond donors (Lipinski definition) is 3. The molecular formula is C20H21N3O5S. The number of amides is 4. The van der Waals surface area contributed by atoms with Crippen LogP contribution in [0.5, 0.6) is 0 Å². The first-order valence-electron chi connectivity index (χ1n) is 8.70. The average molecular weight is 415 g/mol. The van der Waals surface area contributed by atoms with E-state index in [9.17, 15) is 19.2 Å². The van der Waals surface area contributed by atoms with E-state index >= 15 is 0 Å². The molecule has 0 bridgehead atoms. The van der Waals surface area contributed by atoms with Crippen LogP contribution < -0.4 is 16.0 Å². The fourth-order valence-corrected chi connectivity index (χ4v) is 2.85. The van der Waals surface area contributed by atoms with Crippen LogP contribution in [0.25, 0.3) is 0 Å². The standard InChI is InChI=1S/C20H21N3O5S/c1-14(24)22-16-7-9-17(10-8-16)29-13-19(26)28-12-18(25)23-20(27)21-11-15-5-3-2-4-6-15/h2-10H,11-13H2,1H3,(H,22,24)(H2,21,23,25,27). The molecule has 0 unspecified atom stereocenters. The Morgan fingerprint density at radius 3 is 2.31 bits per heavy atom. The molecule has 2 rings (SSSR count). The molecule has 2 aromatic rings.